The first-order chi connectivity index (χ1) is 8.99. The fourth-order valence-corrected chi connectivity index (χ4v) is 1.59. The smallest absolute Gasteiger partial charge is 0.232 e. The molecule has 2 aromatic rings. The van der Waals surface area contributed by atoms with Crippen LogP contribution in [0.2, 0.25) is 0 Å². The summed E-state index contributed by atoms with van der Waals surface area (Å²) < 4.78 is 5.22. The van der Waals surface area contributed by atoms with Crippen molar-refractivity contribution in [1.82, 2.24) is 10.1 Å². The molecule has 0 fully saturated rings. The van der Waals surface area contributed by atoms with Crippen molar-refractivity contribution in [2.45, 2.75) is 39.3 Å². The van der Waals surface area contributed by atoms with E-state index in [9.17, 15) is 0 Å². The number of aliphatic hydroxyl groups is 1. The predicted octanol–water partition coefficient (Wildman–Crippen LogP) is 2.47. The number of hydrogen-bond acceptors (Lipinski definition) is 5. The van der Waals surface area contributed by atoms with Gasteiger partial charge in [0, 0.05) is 11.1 Å². The molecular formula is C14H19N3O2. The number of aromatic nitrogens is 2. The minimum Gasteiger partial charge on any atom is -0.392 e. The molecule has 0 saturated carbocycles. The fourth-order valence-electron chi connectivity index (χ4n) is 1.59. The van der Waals surface area contributed by atoms with Gasteiger partial charge in [0.1, 0.15) is 0 Å². The molecule has 102 valence electrons. The number of benzene rings is 1. The summed E-state index contributed by atoms with van der Waals surface area (Å²) in [6, 6.07) is 7.59. The highest BCUT2D eigenvalue weighted by atomic mass is 16.5. The van der Waals surface area contributed by atoms with Crippen LogP contribution < -0.4 is 5.32 Å². The largest absolute Gasteiger partial charge is 0.392 e. The molecular weight excluding hydrogens is 242 g/mol. The second kappa shape index (κ2) is 5.40. The third-order valence-corrected chi connectivity index (χ3v) is 2.67. The molecule has 1 aromatic carbocycles. The van der Waals surface area contributed by atoms with Crippen molar-refractivity contribution in [3.05, 3.63) is 41.5 Å². The second-order valence-electron chi connectivity index (χ2n) is 5.48. The predicted molar refractivity (Wildman–Crippen MR) is 72.7 cm³/mol. The van der Waals surface area contributed by atoms with Crippen LogP contribution >= 0.6 is 0 Å². The maximum Gasteiger partial charge on any atom is 0.232 e. The lowest BCUT2D eigenvalue weighted by atomic mass is 9.97. The molecule has 1 heterocycles. The van der Waals surface area contributed by atoms with Gasteiger partial charge in [-0.3, -0.25) is 0 Å². The van der Waals surface area contributed by atoms with E-state index in [1.807, 2.05) is 45.0 Å². The number of nitrogens with one attached hydrogen (secondary N) is 1. The zero-order chi connectivity index (χ0) is 13.9. The normalized spacial score (nSPS) is 11.6. The molecule has 2 rings (SSSR count). The van der Waals surface area contributed by atoms with Gasteiger partial charge in [0.25, 0.3) is 0 Å². The Hall–Kier alpha value is -1.88. The Morgan fingerprint density at radius 3 is 2.74 bits per heavy atom. The molecule has 0 amide bonds. The lowest BCUT2D eigenvalue weighted by Gasteiger charge is -2.10. The molecule has 2 N–H and O–H groups in total. The SMILES string of the molecule is CC(C)(C)c1nc(CNc2cccc(CO)c2)no1. The Kier molecular flexibility index (Phi) is 3.85. The van der Waals surface area contributed by atoms with Crippen molar-refractivity contribution in [2.24, 2.45) is 0 Å². The Balaban J connectivity index is 2.00. The van der Waals surface area contributed by atoms with Crippen molar-refractivity contribution < 1.29 is 9.63 Å². The van der Waals surface area contributed by atoms with Gasteiger partial charge in [-0.05, 0) is 17.7 Å². The number of anilines is 1. The van der Waals surface area contributed by atoms with Crippen LogP contribution in [-0.4, -0.2) is 15.2 Å². The quantitative estimate of drug-likeness (QED) is 0.884. The summed E-state index contributed by atoms with van der Waals surface area (Å²) in [4.78, 5) is 4.35. The van der Waals surface area contributed by atoms with E-state index >= 15 is 0 Å². The monoisotopic (exact) mass is 261 g/mol. The molecule has 19 heavy (non-hydrogen) atoms. The average Bonchev–Trinajstić information content (AvgIpc) is 2.85. The van der Waals surface area contributed by atoms with E-state index in [2.05, 4.69) is 15.5 Å². The van der Waals surface area contributed by atoms with E-state index in [-0.39, 0.29) is 12.0 Å². The molecule has 0 unspecified atom stereocenters. The van der Waals surface area contributed by atoms with Gasteiger partial charge in [-0.15, -0.1) is 0 Å². The molecule has 5 nitrogen and oxygen atoms in total. The van der Waals surface area contributed by atoms with Gasteiger partial charge in [0.05, 0.1) is 13.2 Å². The summed E-state index contributed by atoms with van der Waals surface area (Å²) in [5, 5.41) is 16.2. The molecule has 0 saturated heterocycles. The van der Waals surface area contributed by atoms with E-state index in [0.29, 0.717) is 18.3 Å². The lowest BCUT2D eigenvalue weighted by Crippen LogP contribution is -2.11. The molecule has 0 aliphatic rings. The van der Waals surface area contributed by atoms with E-state index in [1.165, 1.54) is 0 Å². The van der Waals surface area contributed by atoms with Gasteiger partial charge >= 0.3 is 0 Å². The van der Waals surface area contributed by atoms with E-state index in [4.69, 9.17) is 9.63 Å². The number of nitrogens with zero attached hydrogens (tertiary/aromatic N) is 2. The number of rotatable bonds is 4. The van der Waals surface area contributed by atoms with Crippen LogP contribution in [-0.2, 0) is 18.6 Å². The maximum atomic E-state index is 9.07. The summed E-state index contributed by atoms with van der Waals surface area (Å²) in [6.07, 6.45) is 0. The van der Waals surface area contributed by atoms with Gasteiger partial charge in [-0.1, -0.05) is 38.1 Å². The Bertz CT molecular complexity index is 544. The van der Waals surface area contributed by atoms with Crippen molar-refractivity contribution in [2.75, 3.05) is 5.32 Å². The number of hydrogen-bond donors (Lipinski definition) is 2. The molecule has 0 atom stereocenters. The average molecular weight is 261 g/mol. The van der Waals surface area contributed by atoms with Crippen LogP contribution in [0.25, 0.3) is 0 Å². The lowest BCUT2D eigenvalue weighted by molar-refractivity contribution is 0.282. The van der Waals surface area contributed by atoms with Crippen LogP contribution in [0.3, 0.4) is 0 Å². The van der Waals surface area contributed by atoms with Crippen molar-refractivity contribution in [1.29, 1.82) is 0 Å². The first kappa shape index (κ1) is 13.5. The zero-order valence-electron chi connectivity index (χ0n) is 11.5. The first-order valence-corrected chi connectivity index (χ1v) is 6.26. The second-order valence-corrected chi connectivity index (χ2v) is 5.48. The topological polar surface area (TPSA) is 71.2 Å². The van der Waals surface area contributed by atoms with Crippen LogP contribution in [0.15, 0.2) is 28.8 Å². The third kappa shape index (κ3) is 3.54. The van der Waals surface area contributed by atoms with E-state index < -0.39 is 0 Å². The summed E-state index contributed by atoms with van der Waals surface area (Å²) in [5.74, 6) is 1.26. The van der Waals surface area contributed by atoms with Crippen molar-refractivity contribution in [3.8, 4) is 0 Å². The van der Waals surface area contributed by atoms with Gasteiger partial charge < -0.3 is 14.9 Å². The minimum absolute atomic E-state index is 0.0336. The van der Waals surface area contributed by atoms with Gasteiger partial charge in [-0.2, -0.15) is 4.98 Å². The van der Waals surface area contributed by atoms with Crippen LogP contribution in [0, 0.1) is 0 Å². The minimum atomic E-state index is -0.137. The van der Waals surface area contributed by atoms with Crippen LogP contribution in [0.5, 0.6) is 0 Å². The highest BCUT2D eigenvalue weighted by molar-refractivity contribution is 5.45. The standard InChI is InChI=1S/C14H19N3O2/c1-14(2,3)13-16-12(17-19-13)8-15-11-6-4-5-10(7-11)9-18/h4-7,15,18H,8-9H2,1-3H3. The van der Waals surface area contributed by atoms with Crippen LogP contribution in [0.4, 0.5) is 5.69 Å². The van der Waals surface area contributed by atoms with Gasteiger partial charge in [0.15, 0.2) is 5.82 Å². The summed E-state index contributed by atoms with van der Waals surface area (Å²) >= 11 is 0. The molecule has 0 bridgehead atoms. The molecule has 0 radical (unpaired) electrons. The summed E-state index contributed by atoms with van der Waals surface area (Å²) in [5.41, 5.74) is 1.66. The van der Waals surface area contributed by atoms with Gasteiger partial charge in [-0.25, -0.2) is 0 Å². The first-order valence-electron chi connectivity index (χ1n) is 6.26. The molecule has 1 aromatic heterocycles. The highest BCUT2D eigenvalue weighted by Gasteiger charge is 2.21. The molecule has 0 aliphatic heterocycles. The van der Waals surface area contributed by atoms with E-state index in [0.717, 1.165) is 11.3 Å². The Morgan fingerprint density at radius 1 is 1.32 bits per heavy atom. The molecule has 0 spiro atoms. The number of aliphatic hydroxyl groups excluding tert-OH is 1. The van der Waals surface area contributed by atoms with Crippen LogP contribution in [0.1, 0.15) is 38.0 Å². The molecule has 0 aliphatic carbocycles. The Morgan fingerprint density at radius 2 is 2.11 bits per heavy atom. The Labute approximate surface area is 112 Å². The summed E-state index contributed by atoms with van der Waals surface area (Å²) in [6.45, 7) is 6.62. The van der Waals surface area contributed by atoms with Gasteiger partial charge in [0.2, 0.25) is 5.89 Å². The fraction of sp³-hybridized carbons (Fsp3) is 0.429. The molecule has 5 heteroatoms. The van der Waals surface area contributed by atoms with Crippen molar-refractivity contribution in [3.63, 3.8) is 0 Å². The van der Waals surface area contributed by atoms with Crippen molar-refractivity contribution >= 4 is 5.69 Å². The van der Waals surface area contributed by atoms with E-state index in [1.54, 1.807) is 0 Å². The maximum absolute atomic E-state index is 9.07. The zero-order valence-corrected chi connectivity index (χ0v) is 11.5. The highest BCUT2D eigenvalue weighted by Crippen LogP contribution is 2.20. The third-order valence-electron chi connectivity index (χ3n) is 2.67. The summed E-state index contributed by atoms with van der Waals surface area (Å²) in [7, 11) is 0.